The van der Waals surface area contributed by atoms with Gasteiger partial charge in [0.1, 0.15) is 0 Å². The van der Waals surface area contributed by atoms with Gasteiger partial charge in [0.25, 0.3) is 5.91 Å². The lowest BCUT2D eigenvalue weighted by Crippen LogP contribution is -2.49. The van der Waals surface area contributed by atoms with Crippen molar-refractivity contribution >= 4 is 27.5 Å². The van der Waals surface area contributed by atoms with E-state index < -0.39 is 10.0 Å². The molecule has 0 saturated carbocycles. The van der Waals surface area contributed by atoms with Gasteiger partial charge in [-0.15, -0.1) is 0 Å². The first kappa shape index (κ1) is 23.2. The summed E-state index contributed by atoms with van der Waals surface area (Å²) >= 11 is 6.36. The molecule has 8 heteroatoms. The number of sulfonamides is 1. The second-order valence-corrected chi connectivity index (χ2v) is 10.9. The van der Waals surface area contributed by atoms with Crippen LogP contribution in [0.25, 0.3) is 0 Å². The zero-order valence-electron chi connectivity index (χ0n) is 18.4. The van der Waals surface area contributed by atoms with E-state index in [2.05, 4.69) is 11.8 Å². The zero-order valence-corrected chi connectivity index (χ0v) is 20.0. The van der Waals surface area contributed by atoms with E-state index in [-0.39, 0.29) is 16.8 Å². The SMILES string of the molecule is CC(c1ccccc1Cl)N1CCN(C(=O)c2cccc(S(=O)(=O)N3CCCCC3)c2)CC1. The van der Waals surface area contributed by atoms with Gasteiger partial charge < -0.3 is 4.90 Å². The summed E-state index contributed by atoms with van der Waals surface area (Å²) < 4.78 is 27.5. The molecule has 172 valence electrons. The smallest absolute Gasteiger partial charge is 0.253 e. The number of hydrogen-bond acceptors (Lipinski definition) is 4. The quantitative estimate of drug-likeness (QED) is 0.655. The van der Waals surface area contributed by atoms with E-state index in [4.69, 9.17) is 11.6 Å². The molecule has 0 N–H and O–H groups in total. The Balaban J connectivity index is 1.42. The topological polar surface area (TPSA) is 60.9 Å². The first-order chi connectivity index (χ1) is 15.4. The summed E-state index contributed by atoms with van der Waals surface area (Å²) in [6, 6.07) is 14.5. The molecular weight excluding hydrogens is 446 g/mol. The minimum atomic E-state index is -3.56. The minimum absolute atomic E-state index is 0.120. The molecule has 2 aromatic rings. The maximum absolute atomic E-state index is 13.1. The molecule has 0 radical (unpaired) electrons. The van der Waals surface area contributed by atoms with E-state index in [1.54, 1.807) is 18.2 Å². The van der Waals surface area contributed by atoms with Crippen molar-refractivity contribution in [1.82, 2.24) is 14.1 Å². The molecule has 0 bridgehead atoms. The lowest BCUT2D eigenvalue weighted by atomic mass is 10.1. The number of hydrogen-bond donors (Lipinski definition) is 0. The Bertz CT molecular complexity index is 1060. The number of nitrogens with zero attached hydrogens (tertiary/aromatic N) is 3. The number of carbonyl (C=O) groups is 1. The molecule has 2 fully saturated rings. The van der Waals surface area contributed by atoms with Crippen LogP contribution in [0.15, 0.2) is 53.4 Å². The Kier molecular flexibility index (Phi) is 7.20. The third-order valence-corrected chi connectivity index (χ3v) is 8.78. The predicted molar refractivity (Wildman–Crippen MR) is 126 cm³/mol. The van der Waals surface area contributed by atoms with Crippen LogP contribution in [0.1, 0.15) is 48.1 Å². The van der Waals surface area contributed by atoms with Crippen LogP contribution in [0.2, 0.25) is 5.02 Å². The molecule has 2 saturated heterocycles. The summed E-state index contributed by atoms with van der Waals surface area (Å²) in [4.78, 5) is 17.5. The Morgan fingerprint density at radius 1 is 0.906 bits per heavy atom. The molecule has 2 heterocycles. The average molecular weight is 476 g/mol. The van der Waals surface area contributed by atoms with Crippen molar-refractivity contribution in [3.05, 3.63) is 64.7 Å². The minimum Gasteiger partial charge on any atom is -0.336 e. The van der Waals surface area contributed by atoms with E-state index in [1.807, 2.05) is 29.2 Å². The van der Waals surface area contributed by atoms with Gasteiger partial charge in [0.05, 0.1) is 4.90 Å². The van der Waals surface area contributed by atoms with Gasteiger partial charge in [-0.05, 0) is 49.6 Å². The van der Waals surface area contributed by atoms with E-state index in [1.165, 1.54) is 10.4 Å². The van der Waals surface area contributed by atoms with Crippen molar-refractivity contribution in [2.75, 3.05) is 39.3 Å². The first-order valence-corrected chi connectivity index (χ1v) is 13.1. The molecule has 2 aromatic carbocycles. The van der Waals surface area contributed by atoms with Gasteiger partial charge >= 0.3 is 0 Å². The van der Waals surface area contributed by atoms with Gasteiger partial charge in [-0.1, -0.05) is 42.3 Å². The second kappa shape index (κ2) is 9.91. The summed E-state index contributed by atoms with van der Waals surface area (Å²) in [5, 5.41) is 0.755. The number of amides is 1. The Morgan fingerprint density at radius 3 is 2.28 bits per heavy atom. The van der Waals surface area contributed by atoms with Gasteiger partial charge in [0, 0.05) is 55.9 Å². The lowest BCUT2D eigenvalue weighted by molar-refractivity contribution is 0.0582. The van der Waals surface area contributed by atoms with Crippen molar-refractivity contribution in [2.24, 2.45) is 0 Å². The summed E-state index contributed by atoms with van der Waals surface area (Å²) in [5.41, 5.74) is 1.51. The molecule has 0 spiro atoms. The van der Waals surface area contributed by atoms with Crippen LogP contribution in [0.5, 0.6) is 0 Å². The number of benzene rings is 2. The fourth-order valence-corrected chi connectivity index (χ4v) is 6.41. The second-order valence-electron chi connectivity index (χ2n) is 8.52. The van der Waals surface area contributed by atoms with Crippen LogP contribution in [0, 0.1) is 0 Å². The van der Waals surface area contributed by atoms with E-state index in [0.717, 1.165) is 42.9 Å². The van der Waals surface area contributed by atoms with Gasteiger partial charge in [-0.3, -0.25) is 9.69 Å². The first-order valence-electron chi connectivity index (χ1n) is 11.3. The van der Waals surface area contributed by atoms with E-state index in [9.17, 15) is 13.2 Å². The summed E-state index contributed by atoms with van der Waals surface area (Å²) in [6.07, 6.45) is 2.83. The molecule has 2 aliphatic heterocycles. The normalized spacial score (nSPS) is 19.6. The number of rotatable bonds is 5. The van der Waals surface area contributed by atoms with Gasteiger partial charge in [-0.2, -0.15) is 4.31 Å². The third-order valence-electron chi connectivity index (χ3n) is 6.54. The summed E-state index contributed by atoms with van der Waals surface area (Å²) in [7, 11) is -3.56. The Labute approximate surface area is 195 Å². The monoisotopic (exact) mass is 475 g/mol. The largest absolute Gasteiger partial charge is 0.336 e. The fraction of sp³-hybridized carbons (Fsp3) is 0.458. The molecular formula is C24H30ClN3O3S. The highest BCUT2D eigenvalue weighted by atomic mass is 35.5. The number of piperidine rings is 1. The predicted octanol–water partition coefficient (Wildman–Crippen LogP) is 4.03. The van der Waals surface area contributed by atoms with Crippen molar-refractivity contribution in [2.45, 2.75) is 37.1 Å². The molecule has 4 rings (SSSR count). The molecule has 1 unspecified atom stereocenters. The van der Waals surface area contributed by atoms with Crippen LogP contribution in [0.4, 0.5) is 0 Å². The van der Waals surface area contributed by atoms with Crippen LogP contribution >= 0.6 is 11.6 Å². The van der Waals surface area contributed by atoms with Gasteiger partial charge in [0.15, 0.2) is 0 Å². The molecule has 0 aliphatic carbocycles. The lowest BCUT2D eigenvalue weighted by Gasteiger charge is -2.38. The molecule has 1 atom stereocenters. The number of piperazine rings is 1. The molecule has 6 nitrogen and oxygen atoms in total. The molecule has 2 aliphatic rings. The van der Waals surface area contributed by atoms with E-state index >= 15 is 0 Å². The molecule has 0 aromatic heterocycles. The fourth-order valence-electron chi connectivity index (χ4n) is 4.55. The van der Waals surface area contributed by atoms with Crippen LogP contribution in [-0.4, -0.2) is 67.7 Å². The summed E-state index contributed by atoms with van der Waals surface area (Å²) in [5.74, 6) is -0.120. The van der Waals surface area contributed by atoms with Crippen molar-refractivity contribution < 1.29 is 13.2 Å². The van der Waals surface area contributed by atoms with E-state index in [0.29, 0.717) is 31.7 Å². The zero-order chi connectivity index (χ0) is 22.7. The number of carbonyl (C=O) groups excluding carboxylic acids is 1. The van der Waals surface area contributed by atoms with Crippen LogP contribution < -0.4 is 0 Å². The standard InChI is InChI=1S/C24H30ClN3O3S/c1-19(22-10-3-4-11-23(22)25)26-14-16-27(17-15-26)24(29)20-8-7-9-21(18-20)32(30,31)28-12-5-2-6-13-28/h3-4,7-11,18-19H,2,5-6,12-17H2,1H3. The Hall–Kier alpha value is -1.93. The Morgan fingerprint density at radius 2 is 1.59 bits per heavy atom. The molecule has 1 amide bonds. The van der Waals surface area contributed by atoms with Gasteiger partial charge in [0.2, 0.25) is 10.0 Å². The van der Waals surface area contributed by atoms with Crippen LogP contribution in [0.3, 0.4) is 0 Å². The highest BCUT2D eigenvalue weighted by Crippen LogP contribution is 2.28. The van der Waals surface area contributed by atoms with Crippen LogP contribution in [-0.2, 0) is 10.0 Å². The van der Waals surface area contributed by atoms with Crippen molar-refractivity contribution in [3.63, 3.8) is 0 Å². The number of halogens is 1. The average Bonchev–Trinajstić information content (AvgIpc) is 2.84. The van der Waals surface area contributed by atoms with Crippen molar-refractivity contribution in [1.29, 1.82) is 0 Å². The summed E-state index contributed by atoms with van der Waals surface area (Å²) in [6.45, 7) is 5.90. The highest BCUT2D eigenvalue weighted by molar-refractivity contribution is 7.89. The highest BCUT2D eigenvalue weighted by Gasteiger charge is 2.29. The third kappa shape index (κ3) is 4.86. The maximum atomic E-state index is 13.1. The maximum Gasteiger partial charge on any atom is 0.253 e. The molecule has 32 heavy (non-hydrogen) atoms. The van der Waals surface area contributed by atoms with Gasteiger partial charge in [-0.25, -0.2) is 8.42 Å². The van der Waals surface area contributed by atoms with Crippen molar-refractivity contribution in [3.8, 4) is 0 Å².